The van der Waals surface area contributed by atoms with E-state index < -0.39 is 23.7 Å². The number of carbonyl (C=O) groups excluding carboxylic acids is 1. The fraction of sp³-hybridized carbons (Fsp3) is 0.562. The lowest BCUT2D eigenvalue weighted by Crippen LogP contribution is -2.46. The van der Waals surface area contributed by atoms with Crippen LogP contribution in [-0.4, -0.2) is 41.4 Å². The standard InChI is InChI=1S/C16H24N2O3/c1-16(2,3)21-15(20)13-14(19)12(10-18-13)17-9-11-7-5-4-6-8-11/h4-8,12-14,17-19H,9-10H2,1-3H3. The number of ether oxygens (including phenoxy) is 1. The van der Waals surface area contributed by atoms with Gasteiger partial charge in [-0.1, -0.05) is 30.3 Å². The van der Waals surface area contributed by atoms with Crippen LogP contribution in [0.5, 0.6) is 0 Å². The molecule has 1 saturated heterocycles. The molecule has 0 saturated carbocycles. The summed E-state index contributed by atoms with van der Waals surface area (Å²) >= 11 is 0. The van der Waals surface area contributed by atoms with Crippen LogP contribution in [0.2, 0.25) is 0 Å². The van der Waals surface area contributed by atoms with Gasteiger partial charge in [0.05, 0.1) is 6.10 Å². The van der Waals surface area contributed by atoms with Crippen LogP contribution in [0, 0.1) is 0 Å². The molecule has 1 heterocycles. The van der Waals surface area contributed by atoms with Crippen LogP contribution in [0.4, 0.5) is 0 Å². The average molecular weight is 292 g/mol. The molecule has 1 aliphatic rings. The molecule has 1 fully saturated rings. The minimum Gasteiger partial charge on any atom is -0.459 e. The molecule has 0 radical (unpaired) electrons. The summed E-state index contributed by atoms with van der Waals surface area (Å²) in [5.74, 6) is -0.404. The van der Waals surface area contributed by atoms with E-state index in [4.69, 9.17) is 4.74 Å². The second kappa shape index (κ2) is 6.56. The molecule has 0 spiro atoms. The first-order chi connectivity index (χ1) is 9.87. The fourth-order valence-electron chi connectivity index (χ4n) is 2.35. The molecular weight excluding hydrogens is 268 g/mol. The van der Waals surface area contributed by atoms with E-state index in [0.717, 1.165) is 5.56 Å². The maximum atomic E-state index is 12.0. The van der Waals surface area contributed by atoms with Gasteiger partial charge in [-0.15, -0.1) is 0 Å². The van der Waals surface area contributed by atoms with Gasteiger partial charge >= 0.3 is 5.97 Å². The molecule has 3 N–H and O–H groups in total. The van der Waals surface area contributed by atoms with Crippen LogP contribution >= 0.6 is 0 Å². The lowest BCUT2D eigenvalue weighted by Gasteiger charge is -2.24. The third-order valence-electron chi connectivity index (χ3n) is 3.38. The Morgan fingerprint density at radius 1 is 1.38 bits per heavy atom. The molecule has 0 amide bonds. The Hall–Kier alpha value is -1.43. The van der Waals surface area contributed by atoms with Crippen LogP contribution in [0.1, 0.15) is 26.3 Å². The van der Waals surface area contributed by atoms with E-state index in [2.05, 4.69) is 10.6 Å². The van der Waals surface area contributed by atoms with Crippen molar-refractivity contribution in [3.05, 3.63) is 35.9 Å². The van der Waals surface area contributed by atoms with Crippen LogP contribution in [0.25, 0.3) is 0 Å². The number of hydrogen-bond donors (Lipinski definition) is 3. The van der Waals surface area contributed by atoms with Gasteiger partial charge in [-0.05, 0) is 26.3 Å². The van der Waals surface area contributed by atoms with E-state index in [1.165, 1.54) is 0 Å². The number of carbonyl (C=O) groups is 1. The van der Waals surface area contributed by atoms with Crippen LogP contribution < -0.4 is 10.6 Å². The Morgan fingerprint density at radius 2 is 2.05 bits per heavy atom. The number of aliphatic hydroxyl groups is 1. The van der Waals surface area contributed by atoms with Gasteiger partial charge in [-0.3, -0.25) is 4.79 Å². The average Bonchev–Trinajstić information content (AvgIpc) is 2.77. The van der Waals surface area contributed by atoms with Gasteiger partial charge in [-0.2, -0.15) is 0 Å². The Bertz CT molecular complexity index is 470. The van der Waals surface area contributed by atoms with Crippen molar-refractivity contribution in [2.24, 2.45) is 0 Å². The Morgan fingerprint density at radius 3 is 2.67 bits per heavy atom. The number of hydrogen-bond acceptors (Lipinski definition) is 5. The van der Waals surface area contributed by atoms with Crippen LogP contribution in [0.15, 0.2) is 30.3 Å². The second-order valence-electron chi connectivity index (χ2n) is 6.38. The SMILES string of the molecule is CC(C)(C)OC(=O)C1NCC(NCc2ccccc2)C1O. The summed E-state index contributed by atoms with van der Waals surface area (Å²) in [6.07, 6.45) is -0.788. The molecule has 0 aromatic heterocycles. The van der Waals surface area contributed by atoms with Crippen LogP contribution in [0.3, 0.4) is 0 Å². The normalized spacial score (nSPS) is 25.8. The molecule has 1 aliphatic heterocycles. The van der Waals surface area contributed by atoms with E-state index in [-0.39, 0.29) is 6.04 Å². The van der Waals surface area contributed by atoms with E-state index in [9.17, 15) is 9.90 Å². The van der Waals surface area contributed by atoms with Gasteiger partial charge in [0.25, 0.3) is 0 Å². The van der Waals surface area contributed by atoms with Gasteiger partial charge in [0.2, 0.25) is 0 Å². The van der Waals surface area contributed by atoms with E-state index in [1.54, 1.807) is 0 Å². The highest BCUT2D eigenvalue weighted by Crippen LogP contribution is 2.15. The number of benzene rings is 1. The highest BCUT2D eigenvalue weighted by atomic mass is 16.6. The Kier molecular flexibility index (Phi) is 4.98. The van der Waals surface area contributed by atoms with Crippen molar-refractivity contribution in [1.29, 1.82) is 0 Å². The monoisotopic (exact) mass is 292 g/mol. The van der Waals surface area contributed by atoms with Gasteiger partial charge in [-0.25, -0.2) is 0 Å². The molecule has 0 bridgehead atoms. The summed E-state index contributed by atoms with van der Waals surface area (Å²) in [7, 11) is 0. The van der Waals surface area contributed by atoms with Crippen molar-refractivity contribution in [2.45, 2.75) is 51.1 Å². The van der Waals surface area contributed by atoms with Gasteiger partial charge in [0, 0.05) is 19.1 Å². The summed E-state index contributed by atoms with van der Waals surface area (Å²) in [6.45, 7) is 6.65. The molecule has 5 heteroatoms. The summed E-state index contributed by atoms with van der Waals surface area (Å²) in [6, 6.07) is 9.13. The van der Waals surface area contributed by atoms with Crippen molar-refractivity contribution < 1.29 is 14.6 Å². The third-order valence-corrected chi connectivity index (χ3v) is 3.38. The minimum absolute atomic E-state index is 0.164. The van der Waals surface area contributed by atoms with Crippen molar-refractivity contribution >= 4 is 5.97 Å². The molecule has 3 unspecified atom stereocenters. The molecule has 5 nitrogen and oxygen atoms in total. The van der Waals surface area contributed by atoms with Crippen LogP contribution in [-0.2, 0) is 16.1 Å². The first kappa shape index (κ1) is 15.9. The van der Waals surface area contributed by atoms with Crippen molar-refractivity contribution in [1.82, 2.24) is 10.6 Å². The zero-order valence-corrected chi connectivity index (χ0v) is 12.8. The van der Waals surface area contributed by atoms with E-state index in [0.29, 0.717) is 13.1 Å². The van der Waals surface area contributed by atoms with E-state index >= 15 is 0 Å². The number of rotatable bonds is 4. The lowest BCUT2D eigenvalue weighted by atomic mass is 10.1. The largest absolute Gasteiger partial charge is 0.459 e. The zero-order chi connectivity index (χ0) is 15.5. The summed E-state index contributed by atoms with van der Waals surface area (Å²) in [5.41, 5.74) is 0.596. The summed E-state index contributed by atoms with van der Waals surface area (Å²) in [5, 5.41) is 16.6. The molecule has 2 rings (SSSR count). The minimum atomic E-state index is -0.788. The Balaban J connectivity index is 1.86. The van der Waals surface area contributed by atoms with Crippen molar-refractivity contribution in [2.75, 3.05) is 6.54 Å². The molecule has 3 atom stereocenters. The zero-order valence-electron chi connectivity index (χ0n) is 12.8. The Labute approximate surface area is 125 Å². The molecule has 1 aromatic rings. The van der Waals surface area contributed by atoms with Gasteiger partial charge in [0.1, 0.15) is 11.6 Å². The van der Waals surface area contributed by atoms with Gasteiger partial charge < -0.3 is 20.5 Å². The van der Waals surface area contributed by atoms with E-state index in [1.807, 2.05) is 51.1 Å². The molecule has 21 heavy (non-hydrogen) atoms. The number of aliphatic hydroxyl groups excluding tert-OH is 1. The quantitative estimate of drug-likeness (QED) is 0.717. The molecule has 116 valence electrons. The topological polar surface area (TPSA) is 70.6 Å². The highest BCUT2D eigenvalue weighted by molar-refractivity contribution is 5.77. The summed E-state index contributed by atoms with van der Waals surface area (Å²) in [4.78, 5) is 12.0. The first-order valence-corrected chi connectivity index (χ1v) is 7.28. The smallest absolute Gasteiger partial charge is 0.326 e. The predicted octanol–water partition coefficient (Wildman–Crippen LogP) is 0.819. The summed E-state index contributed by atoms with van der Waals surface area (Å²) < 4.78 is 5.31. The highest BCUT2D eigenvalue weighted by Gasteiger charge is 2.40. The third kappa shape index (κ3) is 4.52. The van der Waals surface area contributed by atoms with Gasteiger partial charge in [0.15, 0.2) is 0 Å². The maximum Gasteiger partial charge on any atom is 0.326 e. The number of esters is 1. The molecule has 1 aromatic carbocycles. The second-order valence-corrected chi connectivity index (χ2v) is 6.38. The molecular formula is C16H24N2O3. The molecule has 0 aliphatic carbocycles. The maximum absolute atomic E-state index is 12.0. The first-order valence-electron chi connectivity index (χ1n) is 7.28. The van der Waals surface area contributed by atoms with Crippen molar-refractivity contribution in [3.63, 3.8) is 0 Å². The van der Waals surface area contributed by atoms with Crippen molar-refractivity contribution in [3.8, 4) is 0 Å². The predicted molar refractivity (Wildman–Crippen MR) is 80.7 cm³/mol. The lowest BCUT2D eigenvalue weighted by molar-refractivity contribution is -0.159. The fourth-order valence-corrected chi connectivity index (χ4v) is 2.35. The number of nitrogens with one attached hydrogen (secondary N) is 2.